The molecule has 82 valence electrons. The summed E-state index contributed by atoms with van der Waals surface area (Å²) in [5.74, 6) is -0.0647. The van der Waals surface area contributed by atoms with Gasteiger partial charge in [0.1, 0.15) is 18.2 Å². The van der Waals surface area contributed by atoms with Gasteiger partial charge in [0.05, 0.1) is 12.3 Å². The molecule has 0 bridgehead atoms. The maximum absolute atomic E-state index is 12.9. The van der Waals surface area contributed by atoms with Crippen LogP contribution in [0.25, 0.3) is 0 Å². The van der Waals surface area contributed by atoms with E-state index >= 15 is 0 Å². The number of oxime groups is 1. The lowest BCUT2D eigenvalue weighted by atomic mass is 10.1. The smallest absolute Gasteiger partial charge is 0.128 e. The number of hydrogen-bond donors (Lipinski definition) is 2. The van der Waals surface area contributed by atoms with Crippen molar-refractivity contribution in [3.63, 3.8) is 0 Å². The van der Waals surface area contributed by atoms with Gasteiger partial charge in [-0.1, -0.05) is 5.16 Å². The summed E-state index contributed by atoms with van der Waals surface area (Å²) in [6.45, 7) is 1.50. The van der Waals surface area contributed by atoms with Gasteiger partial charge in [-0.15, -0.1) is 0 Å². The second kappa shape index (κ2) is 5.31. The Balaban J connectivity index is 3.03. The normalized spacial score (nSPS) is 11.5. The molecule has 5 heteroatoms. The fourth-order valence-electron chi connectivity index (χ4n) is 1.12. The molecule has 0 amide bonds. The van der Waals surface area contributed by atoms with Crippen molar-refractivity contribution in [3.05, 3.63) is 29.6 Å². The van der Waals surface area contributed by atoms with Crippen LogP contribution >= 0.6 is 0 Å². The molecular weight excluding hydrogens is 201 g/mol. The Labute approximate surface area is 86.6 Å². The molecule has 0 aliphatic heterocycles. The minimum atomic E-state index is -0.440. The molecule has 1 rings (SSSR count). The Bertz CT molecular complexity index is 366. The van der Waals surface area contributed by atoms with E-state index in [1.54, 1.807) is 0 Å². The van der Waals surface area contributed by atoms with E-state index in [0.29, 0.717) is 11.3 Å². The van der Waals surface area contributed by atoms with Gasteiger partial charge in [0.15, 0.2) is 0 Å². The minimum absolute atomic E-state index is 0.108. The van der Waals surface area contributed by atoms with Crippen molar-refractivity contribution in [2.75, 3.05) is 13.2 Å². The SMILES string of the molecule is C/C(=N/O)c1cc(F)ccc1OCCO. The van der Waals surface area contributed by atoms with E-state index in [1.807, 2.05) is 0 Å². The molecule has 0 fully saturated rings. The number of hydrogen-bond acceptors (Lipinski definition) is 4. The van der Waals surface area contributed by atoms with Gasteiger partial charge in [0.2, 0.25) is 0 Å². The number of nitrogens with zero attached hydrogens (tertiary/aromatic N) is 1. The number of rotatable bonds is 4. The fraction of sp³-hybridized carbons (Fsp3) is 0.300. The predicted octanol–water partition coefficient (Wildman–Crippen LogP) is 1.40. The first-order chi connectivity index (χ1) is 7.19. The molecule has 1 aromatic carbocycles. The summed E-state index contributed by atoms with van der Waals surface area (Å²) in [6, 6.07) is 3.87. The lowest BCUT2D eigenvalue weighted by Crippen LogP contribution is -2.06. The molecule has 0 heterocycles. The van der Waals surface area contributed by atoms with Gasteiger partial charge in [-0.05, 0) is 25.1 Å². The van der Waals surface area contributed by atoms with E-state index in [9.17, 15) is 4.39 Å². The monoisotopic (exact) mass is 213 g/mol. The van der Waals surface area contributed by atoms with Crippen LogP contribution in [0.3, 0.4) is 0 Å². The summed E-state index contributed by atoms with van der Waals surface area (Å²) in [5.41, 5.74) is 0.619. The maximum Gasteiger partial charge on any atom is 0.128 e. The molecule has 0 aliphatic rings. The molecule has 0 spiro atoms. The van der Waals surface area contributed by atoms with E-state index in [-0.39, 0.29) is 18.9 Å². The van der Waals surface area contributed by atoms with Crippen LogP contribution in [0.4, 0.5) is 4.39 Å². The van der Waals surface area contributed by atoms with Crippen molar-refractivity contribution < 1.29 is 19.4 Å². The molecule has 0 unspecified atom stereocenters. The van der Waals surface area contributed by atoms with Gasteiger partial charge >= 0.3 is 0 Å². The summed E-state index contributed by atoms with van der Waals surface area (Å²) < 4.78 is 18.1. The van der Waals surface area contributed by atoms with Gasteiger partial charge in [0.25, 0.3) is 0 Å². The molecule has 0 saturated heterocycles. The van der Waals surface area contributed by atoms with Crippen LogP contribution < -0.4 is 4.74 Å². The zero-order chi connectivity index (χ0) is 11.3. The lowest BCUT2D eigenvalue weighted by Gasteiger charge is -2.09. The average Bonchev–Trinajstić information content (AvgIpc) is 2.26. The zero-order valence-electron chi connectivity index (χ0n) is 8.27. The third-order valence-electron chi connectivity index (χ3n) is 1.83. The van der Waals surface area contributed by atoms with Crippen molar-refractivity contribution in [1.29, 1.82) is 0 Å². The van der Waals surface area contributed by atoms with Crippen molar-refractivity contribution in [1.82, 2.24) is 0 Å². The molecular formula is C10H12FNO3. The highest BCUT2D eigenvalue weighted by atomic mass is 19.1. The number of aliphatic hydroxyl groups is 1. The van der Waals surface area contributed by atoms with Crippen LogP contribution in [-0.4, -0.2) is 29.2 Å². The maximum atomic E-state index is 12.9. The molecule has 0 radical (unpaired) electrons. The summed E-state index contributed by atoms with van der Waals surface area (Å²) in [7, 11) is 0. The molecule has 4 nitrogen and oxygen atoms in total. The van der Waals surface area contributed by atoms with Crippen molar-refractivity contribution >= 4 is 5.71 Å². The number of halogens is 1. The van der Waals surface area contributed by atoms with Crippen LogP contribution in [0.1, 0.15) is 12.5 Å². The van der Waals surface area contributed by atoms with Gasteiger partial charge in [0, 0.05) is 5.56 Å². The van der Waals surface area contributed by atoms with Gasteiger partial charge in [-0.2, -0.15) is 0 Å². The summed E-state index contributed by atoms with van der Waals surface area (Å²) in [4.78, 5) is 0. The highest BCUT2D eigenvalue weighted by molar-refractivity contribution is 6.00. The van der Waals surface area contributed by atoms with Crippen LogP contribution in [0.2, 0.25) is 0 Å². The fourth-order valence-corrected chi connectivity index (χ4v) is 1.12. The van der Waals surface area contributed by atoms with Crippen LogP contribution in [-0.2, 0) is 0 Å². The summed E-state index contributed by atoms with van der Waals surface area (Å²) in [6.07, 6.45) is 0. The van der Waals surface area contributed by atoms with Gasteiger partial charge < -0.3 is 15.1 Å². The number of benzene rings is 1. The van der Waals surface area contributed by atoms with Crippen molar-refractivity contribution in [2.24, 2.45) is 5.16 Å². The molecule has 0 aromatic heterocycles. The van der Waals surface area contributed by atoms with E-state index in [1.165, 1.54) is 25.1 Å². The largest absolute Gasteiger partial charge is 0.490 e. The Kier molecular flexibility index (Phi) is 4.05. The Morgan fingerprint density at radius 3 is 2.87 bits per heavy atom. The highest BCUT2D eigenvalue weighted by Crippen LogP contribution is 2.20. The molecule has 0 aliphatic carbocycles. The molecule has 2 N–H and O–H groups in total. The zero-order valence-corrected chi connectivity index (χ0v) is 8.27. The van der Waals surface area contributed by atoms with E-state index < -0.39 is 5.82 Å². The van der Waals surface area contributed by atoms with E-state index in [0.717, 1.165) is 0 Å². The predicted molar refractivity (Wildman–Crippen MR) is 53.0 cm³/mol. The Morgan fingerprint density at radius 2 is 2.27 bits per heavy atom. The summed E-state index contributed by atoms with van der Waals surface area (Å²) >= 11 is 0. The van der Waals surface area contributed by atoms with E-state index in [2.05, 4.69) is 5.16 Å². The quantitative estimate of drug-likeness (QED) is 0.451. The molecule has 1 aromatic rings. The standard InChI is InChI=1S/C10H12FNO3/c1-7(12-14)9-6-8(11)2-3-10(9)15-5-4-13/h2-3,6,13-14H,4-5H2,1H3/b12-7-. The highest BCUT2D eigenvalue weighted by Gasteiger charge is 2.08. The van der Waals surface area contributed by atoms with Gasteiger partial charge in [-0.3, -0.25) is 0 Å². The first kappa shape index (κ1) is 11.5. The Hall–Kier alpha value is -1.62. The van der Waals surface area contributed by atoms with Gasteiger partial charge in [-0.25, -0.2) is 4.39 Å². The Morgan fingerprint density at radius 1 is 1.53 bits per heavy atom. The van der Waals surface area contributed by atoms with E-state index in [4.69, 9.17) is 15.1 Å². The third-order valence-corrected chi connectivity index (χ3v) is 1.83. The molecule has 0 atom stereocenters. The second-order valence-electron chi connectivity index (χ2n) is 2.90. The number of ether oxygens (including phenoxy) is 1. The van der Waals surface area contributed by atoms with Crippen LogP contribution in [0, 0.1) is 5.82 Å². The van der Waals surface area contributed by atoms with Crippen molar-refractivity contribution in [2.45, 2.75) is 6.92 Å². The topological polar surface area (TPSA) is 62.1 Å². The first-order valence-electron chi connectivity index (χ1n) is 4.41. The molecule has 15 heavy (non-hydrogen) atoms. The van der Waals surface area contributed by atoms with Crippen LogP contribution in [0.5, 0.6) is 5.75 Å². The summed E-state index contributed by atoms with van der Waals surface area (Å²) in [5, 5.41) is 20.2. The second-order valence-corrected chi connectivity index (χ2v) is 2.90. The average molecular weight is 213 g/mol. The minimum Gasteiger partial charge on any atom is -0.490 e. The van der Waals surface area contributed by atoms with Crippen LogP contribution in [0.15, 0.2) is 23.4 Å². The van der Waals surface area contributed by atoms with Crippen molar-refractivity contribution in [3.8, 4) is 5.75 Å². The molecule has 0 saturated carbocycles. The lowest BCUT2D eigenvalue weighted by molar-refractivity contribution is 0.201. The third kappa shape index (κ3) is 2.92. The first-order valence-corrected chi connectivity index (χ1v) is 4.41. The number of aliphatic hydroxyl groups excluding tert-OH is 1.